The molecule has 0 aromatic heterocycles. The van der Waals surface area contributed by atoms with Crippen LogP contribution in [-0.4, -0.2) is 6.54 Å². The van der Waals surface area contributed by atoms with Crippen LogP contribution in [0.25, 0.3) is 0 Å². The molecule has 0 unspecified atom stereocenters. The Balaban J connectivity index is 1.88. The summed E-state index contributed by atoms with van der Waals surface area (Å²) in [6.45, 7) is 6.47. The molecular weight excluding hydrogens is 254 g/mol. The Hall–Kier alpha value is -1.47. The summed E-state index contributed by atoms with van der Waals surface area (Å²) in [6, 6.07) is 12.8. The van der Waals surface area contributed by atoms with Crippen LogP contribution in [0.1, 0.15) is 22.3 Å². The molecule has 1 aliphatic heterocycles. The molecule has 0 saturated carbocycles. The van der Waals surface area contributed by atoms with Gasteiger partial charge in [0.05, 0.1) is 0 Å². The summed E-state index contributed by atoms with van der Waals surface area (Å²) in [7, 11) is 0. The van der Waals surface area contributed by atoms with Gasteiger partial charge in [-0.3, -0.25) is 0 Å². The third-order valence-electron chi connectivity index (χ3n) is 3.85. The first-order valence-corrected chi connectivity index (χ1v) is 7.11. The van der Waals surface area contributed by atoms with Crippen molar-refractivity contribution in [2.24, 2.45) is 0 Å². The second kappa shape index (κ2) is 4.90. The van der Waals surface area contributed by atoms with Crippen LogP contribution in [0.3, 0.4) is 0 Å². The number of hydrogen-bond donors (Lipinski definition) is 0. The van der Waals surface area contributed by atoms with Crippen LogP contribution in [0.15, 0.2) is 36.4 Å². The van der Waals surface area contributed by atoms with Gasteiger partial charge in [-0.15, -0.1) is 0 Å². The number of rotatable bonds is 2. The first-order valence-electron chi connectivity index (χ1n) is 6.73. The molecule has 98 valence electrons. The van der Waals surface area contributed by atoms with Gasteiger partial charge in [-0.1, -0.05) is 29.8 Å². The summed E-state index contributed by atoms with van der Waals surface area (Å²) in [5, 5.41) is 0.803. The lowest BCUT2D eigenvalue weighted by Crippen LogP contribution is -2.19. The van der Waals surface area contributed by atoms with Crippen LogP contribution in [0.4, 0.5) is 5.69 Å². The van der Waals surface area contributed by atoms with Crippen molar-refractivity contribution in [1.29, 1.82) is 0 Å². The average Bonchev–Trinajstić information content (AvgIpc) is 2.76. The predicted molar refractivity (Wildman–Crippen MR) is 82.1 cm³/mol. The Morgan fingerprint density at radius 2 is 1.84 bits per heavy atom. The van der Waals surface area contributed by atoms with E-state index in [1.807, 2.05) is 12.1 Å². The molecule has 2 aromatic carbocycles. The first-order chi connectivity index (χ1) is 9.13. The Bertz CT molecular complexity index is 601. The fourth-order valence-electron chi connectivity index (χ4n) is 2.92. The number of benzene rings is 2. The van der Waals surface area contributed by atoms with Crippen molar-refractivity contribution in [3.63, 3.8) is 0 Å². The monoisotopic (exact) mass is 271 g/mol. The van der Waals surface area contributed by atoms with E-state index in [-0.39, 0.29) is 0 Å². The van der Waals surface area contributed by atoms with Gasteiger partial charge in [-0.05, 0) is 60.7 Å². The van der Waals surface area contributed by atoms with E-state index >= 15 is 0 Å². The third-order valence-corrected chi connectivity index (χ3v) is 4.10. The first kappa shape index (κ1) is 12.6. The van der Waals surface area contributed by atoms with Crippen molar-refractivity contribution < 1.29 is 0 Å². The second-order valence-corrected chi connectivity index (χ2v) is 5.81. The van der Waals surface area contributed by atoms with Crippen molar-refractivity contribution in [3.05, 3.63) is 63.7 Å². The predicted octanol–water partition coefficient (Wildman–Crippen LogP) is 4.52. The van der Waals surface area contributed by atoms with Crippen LogP contribution in [0.5, 0.6) is 0 Å². The Morgan fingerprint density at radius 3 is 2.58 bits per heavy atom. The summed E-state index contributed by atoms with van der Waals surface area (Å²) in [4.78, 5) is 2.47. The zero-order valence-electron chi connectivity index (χ0n) is 11.4. The number of anilines is 1. The van der Waals surface area contributed by atoms with Gasteiger partial charge in [0, 0.05) is 23.8 Å². The van der Waals surface area contributed by atoms with Crippen molar-refractivity contribution in [1.82, 2.24) is 0 Å². The molecule has 0 radical (unpaired) electrons. The minimum Gasteiger partial charge on any atom is -0.367 e. The van der Waals surface area contributed by atoms with E-state index in [2.05, 4.69) is 43.0 Å². The van der Waals surface area contributed by atoms with Gasteiger partial charge < -0.3 is 4.90 Å². The van der Waals surface area contributed by atoms with Crippen molar-refractivity contribution in [2.45, 2.75) is 26.8 Å². The highest BCUT2D eigenvalue weighted by Gasteiger charge is 2.20. The maximum atomic E-state index is 5.94. The Kier molecular flexibility index (Phi) is 3.24. The molecule has 19 heavy (non-hydrogen) atoms. The van der Waals surface area contributed by atoms with Crippen LogP contribution in [0, 0.1) is 13.8 Å². The molecule has 0 amide bonds. The van der Waals surface area contributed by atoms with Gasteiger partial charge >= 0.3 is 0 Å². The van der Waals surface area contributed by atoms with Gasteiger partial charge in [-0.25, -0.2) is 0 Å². The zero-order chi connectivity index (χ0) is 13.4. The molecule has 0 atom stereocenters. The van der Waals surface area contributed by atoms with E-state index < -0.39 is 0 Å². The number of halogens is 1. The van der Waals surface area contributed by atoms with Crippen LogP contribution >= 0.6 is 11.6 Å². The molecular formula is C17H18ClN. The highest BCUT2D eigenvalue weighted by atomic mass is 35.5. The molecule has 1 heterocycles. The summed E-state index contributed by atoms with van der Waals surface area (Å²) >= 11 is 5.94. The fraction of sp³-hybridized carbons (Fsp3) is 0.294. The molecule has 0 spiro atoms. The number of fused-ring (bicyclic) bond motifs is 1. The minimum atomic E-state index is 0.803. The van der Waals surface area contributed by atoms with Gasteiger partial charge in [0.25, 0.3) is 0 Å². The van der Waals surface area contributed by atoms with E-state index in [9.17, 15) is 0 Å². The minimum absolute atomic E-state index is 0.803. The molecule has 1 aliphatic rings. The quantitative estimate of drug-likeness (QED) is 0.776. The Morgan fingerprint density at radius 1 is 1.11 bits per heavy atom. The van der Waals surface area contributed by atoms with Crippen LogP contribution in [0.2, 0.25) is 5.02 Å². The van der Waals surface area contributed by atoms with E-state index in [1.54, 1.807) is 0 Å². The van der Waals surface area contributed by atoms with Crippen molar-refractivity contribution >= 4 is 17.3 Å². The van der Waals surface area contributed by atoms with E-state index in [4.69, 9.17) is 11.6 Å². The summed E-state index contributed by atoms with van der Waals surface area (Å²) in [5.74, 6) is 0. The smallest absolute Gasteiger partial charge is 0.0429 e. The second-order valence-electron chi connectivity index (χ2n) is 5.38. The van der Waals surface area contributed by atoms with Crippen LogP contribution in [-0.2, 0) is 13.0 Å². The highest BCUT2D eigenvalue weighted by Crippen LogP contribution is 2.32. The number of hydrogen-bond acceptors (Lipinski definition) is 1. The van der Waals surface area contributed by atoms with E-state index in [0.29, 0.717) is 0 Å². The van der Waals surface area contributed by atoms with Crippen molar-refractivity contribution in [2.75, 3.05) is 11.4 Å². The summed E-state index contributed by atoms with van der Waals surface area (Å²) < 4.78 is 0. The molecule has 0 fully saturated rings. The number of nitrogens with zero attached hydrogens (tertiary/aromatic N) is 1. The maximum Gasteiger partial charge on any atom is 0.0429 e. The van der Waals surface area contributed by atoms with E-state index in [1.165, 1.54) is 27.9 Å². The molecule has 3 rings (SSSR count). The lowest BCUT2D eigenvalue weighted by atomic mass is 10.0. The summed E-state index contributed by atoms with van der Waals surface area (Å²) in [6.07, 6.45) is 1.16. The van der Waals surface area contributed by atoms with Gasteiger partial charge in [-0.2, -0.15) is 0 Å². The fourth-order valence-corrected chi connectivity index (χ4v) is 3.05. The van der Waals surface area contributed by atoms with Gasteiger partial charge in [0.1, 0.15) is 0 Å². The largest absolute Gasteiger partial charge is 0.367 e. The summed E-state index contributed by atoms with van der Waals surface area (Å²) in [5.41, 5.74) is 7.01. The normalized spacial score (nSPS) is 13.7. The lowest BCUT2D eigenvalue weighted by molar-refractivity contribution is 0.835. The molecule has 0 bridgehead atoms. The third kappa shape index (κ3) is 2.48. The molecule has 2 aromatic rings. The van der Waals surface area contributed by atoms with Gasteiger partial charge in [0.2, 0.25) is 0 Å². The standard InChI is InChI=1S/C17H18ClN/c1-12-9-13(2)16-7-8-19(17(16)10-12)11-14-3-5-15(18)6-4-14/h3-6,9-10H,7-8,11H2,1-2H3. The lowest BCUT2D eigenvalue weighted by Gasteiger charge is -2.20. The van der Waals surface area contributed by atoms with Crippen molar-refractivity contribution in [3.8, 4) is 0 Å². The SMILES string of the molecule is Cc1cc(C)c2c(c1)N(Cc1ccc(Cl)cc1)CC2. The maximum absolute atomic E-state index is 5.94. The van der Waals surface area contributed by atoms with Gasteiger partial charge in [0.15, 0.2) is 0 Å². The zero-order valence-corrected chi connectivity index (χ0v) is 12.2. The topological polar surface area (TPSA) is 3.24 Å². The molecule has 1 nitrogen and oxygen atoms in total. The number of aryl methyl sites for hydroxylation is 2. The molecule has 0 saturated heterocycles. The highest BCUT2D eigenvalue weighted by molar-refractivity contribution is 6.30. The molecule has 0 N–H and O–H groups in total. The molecule has 0 aliphatic carbocycles. The van der Waals surface area contributed by atoms with Crippen LogP contribution < -0.4 is 4.90 Å². The Labute approximate surface area is 119 Å². The van der Waals surface area contributed by atoms with E-state index in [0.717, 1.165) is 24.5 Å². The average molecular weight is 272 g/mol. The molecule has 2 heteroatoms.